The number of carbonyl (C=O) groups is 2. The number of para-hydroxylation sites is 1. The molecule has 0 heterocycles. The molecule has 2 aromatic rings. The van der Waals surface area contributed by atoms with Gasteiger partial charge in [0.15, 0.2) is 0 Å². The van der Waals surface area contributed by atoms with E-state index in [0.29, 0.717) is 29.4 Å². The molecule has 1 amide bonds. The van der Waals surface area contributed by atoms with Crippen LogP contribution in [-0.4, -0.2) is 31.6 Å². The number of anilines is 2. The summed E-state index contributed by atoms with van der Waals surface area (Å²) in [7, 11) is 0. The van der Waals surface area contributed by atoms with Crippen molar-refractivity contribution < 1.29 is 14.3 Å². The summed E-state index contributed by atoms with van der Waals surface area (Å²) in [4.78, 5) is 26.1. The van der Waals surface area contributed by atoms with Gasteiger partial charge < -0.3 is 15.0 Å². The van der Waals surface area contributed by atoms with Crippen molar-refractivity contribution in [2.75, 3.05) is 29.9 Å². The Balaban J connectivity index is 2.09. The lowest BCUT2D eigenvalue weighted by Crippen LogP contribution is -2.33. The van der Waals surface area contributed by atoms with Crippen LogP contribution >= 0.6 is 11.6 Å². The quantitative estimate of drug-likeness (QED) is 0.759. The van der Waals surface area contributed by atoms with Gasteiger partial charge >= 0.3 is 5.97 Å². The van der Waals surface area contributed by atoms with Gasteiger partial charge in [-0.3, -0.25) is 4.79 Å². The van der Waals surface area contributed by atoms with Crippen molar-refractivity contribution in [1.29, 1.82) is 0 Å². The highest BCUT2D eigenvalue weighted by molar-refractivity contribution is 6.33. The van der Waals surface area contributed by atoms with Crippen LogP contribution in [0.4, 0.5) is 11.4 Å². The molecule has 0 spiro atoms. The summed E-state index contributed by atoms with van der Waals surface area (Å²) in [5.41, 5.74) is 1.82. The van der Waals surface area contributed by atoms with Crippen molar-refractivity contribution in [3.63, 3.8) is 0 Å². The van der Waals surface area contributed by atoms with Gasteiger partial charge in [-0.15, -0.1) is 0 Å². The second kappa shape index (κ2) is 9.08. The molecule has 0 saturated carbocycles. The van der Waals surface area contributed by atoms with Gasteiger partial charge in [-0.25, -0.2) is 4.79 Å². The van der Waals surface area contributed by atoms with Crippen molar-refractivity contribution in [1.82, 2.24) is 0 Å². The fourth-order valence-electron chi connectivity index (χ4n) is 2.36. The Hall–Kier alpha value is -2.53. The number of halogens is 1. The Labute approximate surface area is 152 Å². The summed E-state index contributed by atoms with van der Waals surface area (Å²) in [6.07, 6.45) is 0. The predicted octanol–water partition coefficient (Wildman–Crippen LogP) is 3.98. The first-order chi connectivity index (χ1) is 12.0. The summed E-state index contributed by atoms with van der Waals surface area (Å²) >= 11 is 6.06. The minimum Gasteiger partial charge on any atom is -0.462 e. The number of benzene rings is 2. The van der Waals surface area contributed by atoms with Gasteiger partial charge in [-0.2, -0.15) is 0 Å². The van der Waals surface area contributed by atoms with E-state index >= 15 is 0 Å². The van der Waals surface area contributed by atoms with Crippen molar-refractivity contribution in [2.24, 2.45) is 0 Å². The van der Waals surface area contributed by atoms with Gasteiger partial charge in [-0.05, 0) is 44.2 Å². The molecule has 0 saturated heterocycles. The molecule has 0 unspecified atom stereocenters. The summed E-state index contributed by atoms with van der Waals surface area (Å²) in [5, 5.41) is 3.29. The normalized spacial score (nSPS) is 10.2. The number of nitrogens with one attached hydrogen (secondary N) is 1. The molecule has 1 N–H and O–H groups in total. The van der Waals surface area contributed by atoms with Gasteiger partial charge in [0.25, 0.3) is 0 Å². The number of carbonyl (C=O) groups excluding carboxylic acids is 2. The molecule has 0 aliphatic rings. The molecule has 6 heteroatoms. The molecule has 2 aromatic carbocycles. The third-order valence-electron chi connectivity index (χ3n) is 3.59. The summed E-state index contributed by atoms with van der Waals surface area (Å²) in [5.74, 6) is -0.558. The van der Waals surface area contributed by atoms with Crippen LogP contribution in [0.15, 0.2) is 48.5 Å². The molecule has 132 valence electrons. The summed E-state index contributed by atoms with van der Waals surface area (Å²) in [6, 6.07) is 14.1. The topological polar surface area (TPSA) is 58.6 Å². The van der Waals surface area contributed by atoms with Gasteiger partial charge in [0.1, 0.15) is 0 Å². The Morgan fingerprint density at radius 3 is 2.56 bits per heavy atom. The average molecular weight is 361 g/mol. The van der Waals surface area contributed by atoms with E-state index in [4.69, 9.17) is 16.3 Å². The van der Waals surface area contributed by atoms with Crippen LogP contribution in [0.1, 0.15) is 24.2 Å². The maximum atomic E-state index is 12.3. The first-order valence-corrected chi connectivity index (χ1v) is 8.49. The zero-order chi connectivity index (χ0) is 18.2. The highest BCUT2D eigenvalue weighted by Gasteiger charge is 2.14. The number of hydrogen-bond donors (Lipinski definition) is 1. The van der Waals surface area contributed by atoms with E-state index < -0.39 is 0 Å². The van der Waals surface area contributed by atoms with Crippen LogP contribution in [-0.2, 0) is 9.53 Å². The van der Waals surface area contributed by atoms with E-state index in [1.807, 2.05) is 24.0 Å². The SMILES string of the molecule is CCOC(=O)c1cccc(N(CC)CC(=O)Nc2ccccc2Cl)c1. The highest BCUT2D eigenvalue weighted by atomic mass is 35.5. The number of amides is 1. The lowest BCUT2D eigenvalue weighted by Gasteiger charge is -2.23. The largest absolute Gasteiger partial charge is 0.462 e. The highest BCUT2D eigenvalue weighted by Crippen LogP contribution is 2.21. The van der Waals surface area contributed by atoms with Crippen LogP contribution < -0.4 is 10.2 Å². The van der Waals surface area contributed by atoms with E-state index in [1.165, 1.54) is 0 Å². The molecular weight excluding hydrogens is 340 g/mol. The molecule has 0 aliphatic carbocycles. The lowest BCUT2D eigenvalue weighted by molar-refractivity contribution is -0.115. The fraction of sp³-hybridized carbons (Fsp3) is 0.263. The van der Waals surface area contributed by atoms with Crippen molar-refractivity contribution in [3.8, 4) is 0 Å². The second-order valence-corrected chi connectivity index (χ2v) is 5.72. The van der Waals surface area contributed by atoms with E-state index in [-0.39, 0.29) is 18.4 Å². The monoisotopic (exact) mass is 360 g/mol. The minimum absolute atomic E-state index is 0.147. The molecule has 0 aromatic heterocycles. The third-order valence-corrected chi connectivity index (χ3v) is 3.92. The molecular formula is C19H21ClN2O3. The predicted molar refractivity (Wildman–Crippen MR) is 100 cm³/mol. The Bertz CT molecular complexity index is 749. The van der Waals surface area contributed by atoms with Crippen LogP contribution in [0, 0.1) is 0 Å². The Morgan fingerprint density at radius 2 is 1.88 bits per heavy atom. The van der Waals surface area contributed by atoms with Crippen molar-refractivity contribution in [2.45, 2.75) is 13.8 Å². The van der Waals surface area contributed by atoms with E-state index in [0.717, 1.165) is 5.69 Å². The number of likely N-dealkylation sites (N-methyl/N-ethyl adjacent to an activating group) is 1. The van der Waals surface area contributed by atoms with Gasteiger partial charge in [0.2, 0.25) is 5.91 Å². The molecule has 0 atom stereocenters. The van der Waals surface area contributed by atoms with Gasteiger partial charge in [0.05, 0.1) is 29.4 Å². The van der Waals surface area contributed by atoms with Gasteiger partial charge in [-0.1, -0.05) is 29.8 Å². The van der Waals surface area contributed by atoms with Crippen LogP contribution in [0.25, 0.3) is 0 Å². The molecule has 0 radical (unpaired) electrons. The van der Waals surface area contributed by atoms with Crippen molar-refractivity contribution >= 4 is 34.9 Å². The second-order valence-electron chi connectivity index (χ2n) is 5.31. The maximum absolute atomic E-state index is 12.3. The molecule has 5 nitrogen and oxygen atoms in total. The summed E-state index contributed by atoms with van der Waals surface area (Å²) in [6.45, 7) is 4.79. The smallest absolute Gasteiger partial charge is 0.338 e. The number of hydrogen-bond acceptors (Lipinski definition) is 4. The lowest BCUT2D eigenvalue weighted by atomic mass is 10.2. The van der Waals surface area contributed by atoms with E-state index in [1.54, 1.807) is 43.3 Å². The average Bonchev–Trinajstić information content (AvgIpc) is 2.62. The number of rotatable bonds is 7. The maximum Gasteiger partial charge on any atom is 0.338 e. The Morgan fingerprint density at radius 1 is 1.12 bits per heavy atom. The van der Waals surface area contributed by atoms with Crippen LogP contribution in [0.2, 0.25) is 5.02 Å². The first-order valence-electron chi connectivity index (χ1n) is 8.11. The fourth-order valence-corrected chi connectivity index (χ4v) is 2.54. The zero-order valence-electron chi connectivity index (χ0n) is 14.3. The zero-order valence-corrected chi connectivity index (χ0v) is 15.0. The third kappa shape index (κ3) is 5.22. The number of nitrogens with zero attached hydrogens (tertiary/aromatic N) is 1. The standard InChI is InChI=1S/C19H21ClN2O3/c1-3-22(13-18(23)21-17-11-6-5-10-16(17)20)15-9-7-8-14(12-15)19(24)25-4-2/h5-12H,3-4,13H2,1-2H3,(H,21,23). The van der Waals surface area contributed by atoms with E-state index in [2.05, 4.69) is 5.32 Å². The molecule has 2 rings (SSSR count). The summed E-state index contributed by atoms with van der Waals surface area (Å²) < 4.78 is 5.02. The molecule has 25 heavy (non-hydrogen) atoms. The number of esters is 1. The van der Waals surface area contributed by atoms with Crippen LogP contribution in [0.5, 0.6) is 0 Å². The number of ether oxygens (including phenoxy) is 1. The van der Waals surface area contributed by atoms with Crippen LogP contribution in [0.3, 0.4) is 0 Å². The molecule has 0 fully saturated rings. The van der Waals surface area contributed by atoms with Gasteiger partial charge in [0, 0.05) is 12.2 Å². The first kappa shape index (κ1) is 18.8. The van der Waals surface area contributed by atoms with Crippen molar-refractivity contribution in [3.05, 3.63) is 59.1 Å². The van der Waals surface area contributed by atoms with E-state index in [9.17, 15) is 9.59 Å². The minimum atomic E-state index is -0.374. The molecule has 0 bridgehead atoms. The molecule has 0 aliphatic heterocycles. The Kier molecular flexibility index (Phi) is 6.83.